The van der Waals surface area contributed by atoms with Crippen LogP contribution in [-0.4, -0.2) is 20.1 Å². The van der Waals surface area contributed by atoms with E-state index in [1.807, 2.05) is 29.8 Å². The van der Waals surface area contributed by atoms with Gasteiger partial charge in [0.05, 0.1) is 12.2 Å². The zero-order valence-corrected chi connectivity index (χ0v) is 19.8. The van der Waals surface area contributed by atoms with Crippen LogP contribution in [0.5, 0.6) is 0 Å². The van der Waals surface area contributed by atoms with Crippen molar-refractivity contribution in [1.82, 2.24) is 0 Å². The molecule has 0 atom stereocenters. The van der Waals surface area contributed by atoms with Gasteiger partial charge in [0.1, 0.15) is 16.9 Å². The van der Waals surface area contributed by atoms with Crippen molar-refractivity contribution in [3.63, 3.8) is 0 Å². The molecule has 0 saturated heterocycles. The van der Waals surface area contributed by atoms with Crippen molar-refractivity contribution < 1.29 is 21.5 Å². The van der Waals surface area contributed by atoms with E-state index in [0.29, 0.717) is 0 Å². The van der Waals surface area contributed by atoms with Gasteiger partial charge in [-0.2, -0.15) is 0 Å². The largest absolute Gasteiger partial charge is 1.00 e. The molecule has 1 heterocycles. The van der Waals surface area contributed by atoms with Crippen LogP contribution in [0.3, 0.4) is 0 Å². The Labute approximate surface area is 188 Å². The van der Waals surface area contributed by atoms with Gasteiger partial charge in [-0.05, 0) is 60.1 Å². The van der Waals surface area contributed by atoms with Crippen molar-refractivity contribution >= 4 is 32.8 Å². The summed E-state index contributed by atoms with van der Waals surface area (Å²) in [5, 5.41) is 11.0. The molecule has 0 unspecified atom stereocenters. The van der Waals surface area contributed by atoms with Crippen molar-refractivity contribution in [3.8, 4) is 0 Å². The number of aryl methyl sites for hydroxylation is 1. The number of benzene rings is 2. The number of thiazole rings is 1. The Morgan fingerprint density at radius 3 is 2.21 bits per heavy atom. The monoisotopic (exact) mass is 473 g/mol. The lowest BCUT2D eigenvalue weighted by atomic mass is 10.2. The van der Waals surface area contributed by atoms with Crippen LogP contribution in [0, 0.1) is 0 Å². The van der Waals surface area contributed by atoms with Crippen LogP contribution in [-0.2, 0) is 13.6 Å². The summed E-state index contributed by atoms with van der Waals surface area (Å²) in [7, 11) is 4.11. The van der Waals surface area contributed by atoms with Gasteiger partial charge in [0, 0.05) is 32.4 Å². The number of nitrogens with zero attached hydrogens (tertiary/aromatic N) is 5. The molecule has 0 saturated carbocycles. The van der Waals surface area contributed by atoms with Gasteiger partial charge in [-0.1, -0.05) is 30.3 Å². The number of halogens is 1. The second-order valence-corrected chi connectivity index (χ2v) is 7.68. The SMILES string of the molecule is CCN(CC)c1c[n+](C)c(N=Nc2ccc(N(C)Cc3ccccc3)cc2)s1.[Br-]. The molecule has 3 aromatic rings. The zero-order valence-electron chi connectivity index (χ0n) is 17.4. The van der Waals surface area contributed by atoms with Gasteiger partial charge in [-0.3, -0.25) is 0 Å². The van der Waals surface area contributed by atoms with Gasteiger partial charge in [-0.25, -0.2) is 4.57 Å². The Kier molecular flexibility index (Phi) is 8.79. The lowest BCUT2D eigenvalue weighted by Crippen LogP contribution is -3.00. The summed E-state index contributed by atoms with van der Waals surface area (Å²) in [6.45, 7) is 7.19. The zero-order chi connectivity index (χ0) is 19.9. The second kappa shape index (κ2) is 11.1. The van der Waals surface area contributed by atoms with E-state index in [9.17, 15) is 0 Å². The maximum atomic E-state index is 4.46. The third-order valence-electron chi connectivity index (χ3n) is 4.68. The maximum absolute atomic E-state index is 4.46. The van der Waals surface area contributed by atoms with E-state index in [1.165, 1.54) is 10.6 Å². The summed E-state index contributed by atoms with van der Waals surface area (Å²) < 4.78 is 2.03. The Balaban J connectivity index is 0.00000300. The molecule has 0 spiro atoms. The molecule has 0 amide bonds. The van der Waals surface area contributed by atoms with Crippen molar-refractivity contribution in [1.29, 1.82) is 0 Å². The predicted octanol–water partition coefficient (Wildman–Crippen LogP) is 2.47. The topological polar surface area (TPSA) is 35.1 Å². The van der Waals surface area contributed by atoms with Crippen LogP contribution in [0.1, 0.15) is 19.4 Å². The first-order chi connectivity index (χ1) is 13.6. The van der Waals surface area contributed by atoms with Crippen molar-refractivity contribution in [2.24, 2.45) is 17.3 Å². The molecule has 5 nitrogen and oxygen atoms in total. The number of aromatic nitrogens is 1. The van der Waals surface area contributed by atoms with Gasteiger partial charge in [0.15, 0.2) is 0 Å². The van der Waals surface area contributed by atoms with Crippen LogP contribution in [0.4, 0.5) is 21.5 Å². The fourth-order valence-corrected chi connectivity index (χ4v) is 4.07. The van der Waals surface area contributed by atoms with Gasteiger partial charge < -0.3 is 26.8 Å². The summed E-state index contributed by atoms with van der Waals surface area (Å²) in [4.78, 5) is 4.55. The minimum atomic E-state index is 0. The summed E-state index contributed by atoms with van der Waals surface area (Å²) in [6.07, 6.45) is 2.12. The van der Waals surface area contributed by atoms with E-state index in [2.05, 4.69) is 83.5 Å². The van der Waals surface area contributed by atoms with Gasteiger partial charge in [0.2, 0.25) is 0 Å². The molecular weight excluding hydrogens is 446 g/mol. The van der Waals surface area contributed by atoms with Gasteiger partial charge >= 0.3 is 5.13 Å². The van der Waals surface area contributed by atoms with E-state index < -0.39 is 0 Å². The van der Waals surface area contributed by atoms with E-state index in [0.717, 1.165) is 36.1 Å². The molecule has 0 N–H and O–H groups in total. The predicted molar refractivity (Wildman–Crippen MR) is 118 cm³/mol. The summed E-state index contributed by atoms with van der Waals surface area (Å²) in [5.74, 6) is 0. The molecule has 0 bridgehead atoms. The van der Waals surface area contributed by atoms with Crippen molar-refractivity contribution in [3.05, 3.63) is 66.4 Å². The van der Waals surface area contributed by atoms with Crippen LogP contribution < -0.4 is 31.3 Å². The smallest absolute Gasteiger partial charge is 0.410 e. The molecule has 2 aromatic carbocycles. The molecule has 7 heteroatoms. The van der Waals surface area contributed by atoms with Crippen LogP contribution in [0.2, 0.25) is 0 Å². The van der Waals surface area contributed by atoms with Crippen molar-refractivity contribution in [2.75, 3.05) is 29.9 Å². The molecule has 29 heavy (non-hydrogen) atoms. The highest BCUT2D eigenvalue weighted by Crippen LogP contribution is 2.29. The number of hydrogen-bond acceptors (Lipinski definition) is 5. The molecule has 0 fully saturated rings. The highest BCUT2D eigenvalue weighted by Gasteiger charge is 2.16. The Morgan fingerprint density at radius 1 is 0.931 bits per heavy atom. The van der Waals surface area contributed by atoms with Gasteiger partial charge in [0.25, 0.3) is 0 Å². The molecule has 1 aromatic heterocycles. The number of anilines is 2. The first kappa shape index (κ1) is 23.0. The maximum Gasteiger partial charge on any atom is 0.410 e. The van der Waals surface area contributed by atoms with E-state index in [1.54, 1.807) is 11.3 Å². The normalized spacial score (nSPS) is 10.8. The van der Waals surface area contributed by atoms with Crippen molar-refractivity contribution in [2.45, 2.75) is 20.4 Å². The molecule has 3 rings (SSSR count). The second-order valence-electron chi connectivity index (χ2n) is 6.69. The lowest BCUT2D eigenvalue weighted by Gasteiger charge is -2.19. The highest BCUT2D eigenvalue weighted by atomic mass is 79.9. The average molecular weight is 474 g/mol. The third kappa shape index (κ3) is 6.11. The fraction of sp³-hybridized carbons (Fsp3) is 0.318. The van der Waals surface area contributed by atoms with Crippen LogP contribution in [0.25, 0.3) is 0 Å². The summed E-state index contributed by atoms with van der Waals surface area (Å²) in [5.41, 5.74) is 3.31. The number of hydrogen-bond donors (Lipinski definition) is 0. The van der Waals surface area contributed by atoms with Crippen LogP contribution >= 0.6 is 11.3 Å². The molecule has 0 aliphatic heterocycles. The van der Waals surface area contributed by atoms with Gasteiger partial charge in [-0.15, -0.1) is 0 Å². The molecule has 0 radical (unpaired) electrons. The van der Waals surface area contributed by atoms with E-state index in [4.69, 9.17) is 0 Å². The summed E-state index contributed by atoms with van der Waals surface area (Å²) in [6, 6.07) is 18.7. The first-order valence-corrected chi connectivity index (χ1v) is 10.4. The molecule has 0 aliphatic rings. The number of azo groups is 1. The molecular formula is C22H28BrN5S. The Hall–Kier alpha value is -2.25. The Morgan fingerprint density at radius 2 is 1.59 bits per heavy atom. The van der Waals surface area contributed by atoms with E-state index in [-0.39, 0.29) is 17.0 Å². The summed E-state index contributed by atoms with van der Waals surface area (Å²) >= 11 is 1.67. The number of rotatable bonds is 8. The fourth-order valence-electron chi connectivity index (χ4n) is 3.01. The lowest BCUT2D eigenvalue weighted by molar-refractivity contribution is -0.653. The molecule has 154 valence electrons. The first-order valence-electron chi connectivity index (χ1n) is 9.62. The minimum absolute atomic E-state index is 0. The third-order valence-corrected chi connectivity index (χ3v) is 5.81. The van der Waals surface area contributed by atoms with Crippen LogP contribution in [0.15, 0.2) is 71.0 Å². The minimum Gasteiger partial charge on any atom is -1.00 e. The average Bonchev–Trinajstić information content (AvgIpc) is 3.09. The Bertz CT molecular complexity index is 905. The molecule has 0 aliphatic carbocycles. The highest BCUT2D eigenvalue weighted by molar-refractivity contribution is 7.18. The van der Waals surface area contributed by atoms with E-state index >= 15 is 0 Å². The standard InChI is InChI=1S/C22H28N5S.BrH/c1-5-27(6-2)21-17-26(4)22(28-21)24-23-19-12-14-20(15-13-19)25(3)16-18-10-8-7-9-11-18;/h7-15,17H,5-6,16H2,1-4H3;1H/q+1;/p-1. The quantitative estimate of drug-likeness (QED) is 0.372.